The third kappa shape index (κ3) is 4.77. The SMILES string of the molecule is O=C(CCC(=O)N1CCN(c2ccccc2)CC1)c1ccc(-c2ccccc2)cc1. The molecule has 1 amide bonds. The molecule has 1 aliphatic heterocycles. The molecule has 0 saturated carbocycles. The van der Waals surface area contributed by atoms with Gasteiger partial charge in [0.25, 0.3) is 0 Å². The Morgan fingerprint density at radius 3 is 1.83 bits per heavy atom. The van der Waals surface area contributed by atoms with Crippen molar-refractivity contribution in [3.05, 3.63) is 90.5 Å². The molecule has 0 bridgehead atoms. The second-order valence-corrected chi connectivity index (χ2v) is 7.57. The molecule has 0 radical (unpaired) electrons. The van der Waals surface area contributed by atoms with E-state index in [0.717, 1.165) is 24.2 Å². The Kier molecular flexibility index (Phi) is 6.23. The molecule has 4 rings (SSSR count). The lowest BCUT2D eigenvalue weighted by Gasteiger charge is -2.36. The van der Waals surface area contributed by atoms with Crippen LogP contribution in [0.3, 0.4) is 0 Å². The Balaban J connectivity index is 1.26. The molecule has 3 aromatic rings. The van der Waals surface area contributed by atoms with Gasteiger partial charge in [0.05, 0.1) is 0 Å². The van der Waals surface area contributed by atoms with Crippen LogP contribution in [0.4, 0.5) is 5.69 Å². The number of ketones is 1. The minimum atomic E-state index is 0.0193. The molecule has 0 N–H and O–H groups in total. The average molecular weight is 399 g/mol. The molecule has 1 saturated heterocycles. The molecule has 4 heteroatoms. The van der Waals surface area contributed by atoms with Gasteiger partial charge in [0.2, 0.25) is 5.91 Å². The summed E-state index contributed by atoms with van der Waals surface area (Å²) in [5, 5.41) is 0. The number of hydrogen-bond acceptors (Lipinski definition) is 3. The number of rotatable bonds is 6. The van der Waals surface area contributed by atoms with E-state index in [4.69, 9.17) is 0 Å². The first-order chi connectivity index (χ1) is 14.7. The van der Waals surface area contributed by atoms with Crippen LogP contribution < -0.4 is 4.90 Å². The first kappa shape index (κ1) is 19.9. The van der Waals surface area contributed by atoms with Gasteiger partial charge in [-0.3, -0.25) is 9.59 Å². The standard InChI is InChI=1S/C26H26N2O2/c29-25(23-13-11-22(12-14-23)21-7-3-1-4-8-21)15-16-26(30)28-19-17-27(18-20-28)24-9-5-2-6-10-24/h1-14H,15-20H2. The number of Topliss-reactive ketones (excluding diaryl/α,β-unsaturated/α-hetero) is 1. The minimum absolute atomic E-state index is 0.0193. The molecular weight excluding hydrogens is 372 g/mol. The Bertz CT molecular complexity index is 977. The summed E-state index contributed by atoms with van der Waals surface area (Å²) in [6.45, 7) is 3.05. The van der Waals surface area contributed by atoms with Gasteiger partial charge in [-0.05, 0) is 23.3 Å². The van der Waals surface area contributed by atoms with Gasteiger partial charge in [0, 0.05) is 50.3 Å². The molecule has 152 valence electrons. The number of para-hydroxylation sites is 1. The fourth-order valence-electron chi connectivity index (χ4n) is 3.85. The van der Waals surface area contributed by atoms with Gasteiger partial charge in [-0.2, -0.15) is 0 Å². The lowest BCUT2D eigenvalue weighted by Crippen LogP contribution is -2.48. The summed E-state index contributed by atoms with van der Waals surface area (Å²) in [5.74, 6) is 0.0860. The maximum absolute atomic E-state index is 12.6. The topological polar surface area (TPSA) is 40.6 Å². The van der Waals surface area contributed by atoms with Crippen LogP contribution >= 0.6 is 0 Å². The first-order valence-electron chi connectivity index (χ1n) is 10.5. The fraction of sp³-hybridized carbons (Fsp3) is 0.231. The molecule has 0 atom stereocenters. The molecule has 0 unspecified atom stereocenters. The van der Waals surface area contributed by atoms with E-state index in [0.29, 0.717) is 18.7 Å². The second-order valence-electron chi connectivity index (χ2n) is 7.57. The third-order valence-electron chi connectivity index (χ3n) is 5.63. The van der Waals surface area contributed by atoms with Gasteiger partial charge in [0.15, 0.2) is 5.78 Å². The van der Waals surface area contributed by atoms with Crippen molar-refractivity contribution in [2.24, 2.45) is 0 Å². The fourth-order valence-corrected chi connectivity index (χ4v) is 3.85. The number of carbonyl (C=O) groups is 2. The van der Waals surface area contributed by atoms with Crippen LogP contribution in [0.2, 0.25) is 0 Å². The summed E-state index contributed by atoms with van der Waals surface area (Å²) < 4.78 is 0. The number of nitrogens with zero attached hydrogens (tertiary/aromatic N) is 2. The highest BCUT2D eigenvalue weighted by Gasteiger charge is 2.21. The smallest absolute Gasteiger partial charge is 0.223 e. The predicted octanol–water partition coefficient (Wildman–Crippen LogP) is 4.67. The zero-order valence-corrected chi connectivity index (χ0v) is 17.0. The van der Waals surface area contributed by atoms with Gasteiger partial charge in [-0.25, -0.2) is 0 Å². The van der Waals surface area contributed by atoms with Crippen molar-refractivity contribution < 1.29 is 9.59 Å². The minimum Gasteiger partial charge on any atom is -0.368 e. The summed E-state index contributed by atoms with van der Waals surface area (Å²) in [6, 6.07) is 28.0. The van der Waals surface area contributed by atoms with E-state index in [9.17, 15) is 9.59 Å². The number of benzene rings is 3. The molecule has 1 fully saturated rings. The molecule has 3 aromatic carbocycles. The van der Waals surface area contributed by atoms with Crippen LogP contribution in [-0.4, -0.2) is 42.8 Å². The van der Waals surface area contributed by atoms with Crippen molar-refractivity contribution in [3.63, 3.8) is 0 Å². The van der Waals surface area contributed by atoms with Gasteiger partial charge < -0.3 is 9.80 Å². The third-order valence-corrected chi connectivity index (χ3v) is 5.63. The van der Waals surface area contributed by atoms with Crippen molar-refractivity contribution in [2.75, 3.05) is 31.1 Å². The Morgan fingerprint density at radius 2 is 1.20 bits per heavy atom. The van der Waals surface area contributed by atoms with E-state index in [2.05, 4.69) is 17.0 Å². The number of anilines is 1. The highest BCUT2D eigenvalue weighted by Crippen LogP contribution is 2.20. The van der Waals surface area contributed by atoms with E-state index in [1.807, 2.05) is 77.7 Å². The Morgan fingerprint density at radius 1 is 0.633 bits per heavy atom. The normalized spacial score (nSPS) is 13.9. The van der Waals surface area contributed by atoms with Crippen LogP contribution in [0.5, 0.6) is 0 Å². The average Bonchev–Trinajstić information content (AvgIpc) is 2.83. The first-order valence-corrected chi connectivity index (χ1v) is 10.5. The predicted molar refractivity (Wildman–Crippen MR) is 121 cm³/mol. The van der Waals surface area contributed by atoms with E-state index < -0.39 is 0 Å². The van der Waals surface area contributed by atoms with Gasteiger partial charge in [0.1, 0.15) is 0 Å². The lowest BCUT2D eigenvalue weighted by molar-refractivity contribution is -0.131. The van der Waals surface area contributed by atoms with Crippen LogP contribution in [0.1, 0.15) is 23.2 Å². The van der Waals surface area contributed by atoms with Crippen molar-refractivity contribution in [2.45, 2.75) is 12.8 Å². The molecule has 1 heterocycles. The van der Waals surface area contributed by atoms with E-state index >= 15 is 0 Å². The maximum atomic E-state index is 12.6. The maximum Gasteiger partial charge on any atom is 0.223 e. The van der Waals surface area contributed by atoms with Gasteiger partial charge in [-0.15, -0.1) is 0 Å². The Labute approximate surface area is 177 Å². The van der Waals surface area contributed by atoms with Gasteiger partial charge in [-0.1, -0.05) is 72.8 Å². The lowest BCUT2D eigenvalue weighted by atomic mass is 10.0. The molecule has 4 nitrogen and oxygen atoms in total. The van der Waals surface area contributed by atoms with Gasteiger partial charge >= 0.3 is 0 Å². The van der Waals surface area contributed by atoms with Crippen LogP contribution in [-0.2, 0) is 4.79 Å². The summed E-state index contributed by atoms with van der Waals surface area (Å²) in [6.07, 6.45) is 0.521. The van der Waals surface area contributed by atoms with Crippen molar-refractivity contribution in [1.82, 2.24) is 4.90 Å². The summed E-state index contributed by atoms with van der Waals surface area (Å²) in [7, 11) is 0. The monoisotopic (exact) mass is 398 g/mol. The summed E-state index contributed by atoms with van der Waals surface area (Å²) in [4.78, 5) is 29.3. The highest BCUT2D eigenvalue weighted by atomic mass is 16.2. The van der Waals surface area contributed by atoms with Crippen LogP contribution in [0, 0.1) is 0 Å². The number of hydrogen-bond donors (Lipinski definition) is 0. The largest absolute Gasteiger partial charge is 0.368 e. The van der Waals surface area contributed by atoms with E-state index in [1.165, 1.54) is 5.69 Å². The molecule has 1 aliphatic rings. The number of amides is 1. The summed E-state index contributed by atoms with van der Waals surface area (Å²) in [5.41, 5.74) is 4.07. The number of carbonyl (C=O) groups excluding carboxylic acids is 2. The molecular formula is C26H26N2O2. The highest BCUT2D eigenvalue weighted by molar-refractivity contribution is 5.98. The molecule has 0 spiro atoms. The zero-order chi connectivity index (χ0) is 20.8. The molecule has 0 aliphatic carbocycles. The van der Waals surface area contributed by atoms with Crippen molar-refractivity contribution in [1.29, 1.82) is 0 Å². The van der Waals surface area contributed by atoms with Crippen molar-refractivity contribution in [3.8, 4) is 11.1 Å². The summed E-state index contributed by atoms with van der Waals surface area (Å²) >= 11 is 0. The van der Waals surface area contributed by atoms with Crippen LogP contribution in [0.25, 0.3) is 11.1 Å². The number of piperazine rings is 1. The quantitative estimate of drug-likeness (QED) is 0.567. The second kappa shape index (κ2) is 9.40. The van der Waals surface area contributed by atoms with E-state index in [-0.39, 0.29) is 24.5 Å². The Hall–Kier alpha value is -3.40. The van der Waals surface area contributed by atoms with Crippen molar-refractivity contribution >= 4 is 17.4 Å². The van der Waals surface area contributed by atoms with E-state index in [1.54, 1.807) is 0 Å². The molecule has 30 heavy (non-hydrogen) atoms. The molecule has 0 aromatic heterocycles. The van der Waals surface area contributed by atoms with Crippen LogP contribution in [0.15, 0.2) is 84.9 Å². The zero-order valence-electron chi connectivity index (χ0n) is 17.0.